The Kier molecular flexibility index (Phi) is 2.98. The molecule has 0 aromatic carbocycles. The number of carboxylic acids is 1. The number of pyridine rings is 1. The first-order chi connectivity index (χ1) is 7.61. The van der Waals surface area contributed by atoms with Gasteiger partial charge in [0.25, 0.3) is 0 Å². The zero-order valence-corrected chi connectivity index (χ0v) is 10.2. The van der Waals surface area contributed by atoms with Crippen molar-refractivity contribution >= 4 is 33.5 Å². The molecular weight excluding hydrogens is 295 g/mol. The van der Waals surface area contributed by atoms with Gasteiger partial charge in [0.2, 0.25) is 0 Å². The predicted molar refractivity (Wildman–Crippen MR) is 63.2 cm³/mol. The minimum absolute atomic E-state index is 0.104. The summed E-state index contributed by atoms with van der Waals surface area (Å²) in [6, 6.07) is 6.46. The van der Waals surface area contributed by atoms with Gasteiger partial charge in [-0.3, -0.25) is 4.57 Å². The van der Waals surface area contributed by atoms with Gasteiger partial charge in [-0.25, -0.2) is 9.78 Å². The molecule has 0 amide bonds. The van der Waals surface area contributed by atoms with Crippen LogP contribution in [0.15, 0.2) is 35.1 Å². The number of halogens is 2. The van der Waals surface area contributed by atoms with Crippen molar-refractivity contribution in [3.05, 3.63) is 45.8 Å². The van der Waals surface area contributed by atoms with Crippen molar-refractivity contribution in [1.29, 1.82) is 0 Å². The van der Waals surface area contributed by atoms with Crippen molar-refractivity contribution in [2.45, 2.75) is 0 Å². The minimum atomic E-state index is -1.03. The van der Waals surface area contributed by atoms with Crippen LogP contribution in [0.3, 0.4) is 0 Å². The van der Waals surface area contributed by atoms with Crippen molar-refractivity contribution in [2.24, 2.45) is 0 Å². The summed E-state index contributed by atoms with van der Waals surface area (Å²) in [5.74, 6) is -0.647. The van der Waals surface area contributed by atoms with E-state index in [1.165, 1.54) is 10.6 Å². The van der Waals surface area contributed by atoms with Crippen LogP contribution in [-0.4, -0.2) is 20.6 Å². The number of nitrogens with zero attached hydrogens (tertiary/aromatic N) is 2. The van der Waals surface area contributed by atoms with E-state index in [0.29, 0.717) is 15.4 Å². The molecule has 2 heterocycles. The monoisotopic (exact) mass is 300 g/mol. The number of aromatic nitrogens is 2. The number of rotatable bonds is 2. The molecule has 0 atom stereocenters. The van der Waals surface area contributed by atoms with Gasteiger partial charge in [-0.2, -0.15) is 0 Å². The van der Waals surface area contributed by atoms with Gasteiger partial charge in [-0.15, -0.1) is 0 Å². The Morgan fingerprint density at radius 3 is 2.81 bits per heavy atom. The van der Waals surface area contributed by atoms with Crippen LogP contribution in [0.2, 0.25) is 5.02 Å². The third kappa shape index (κ3) is 1.83. The van der Waals surface area contributed by atoms with E-state index < -0.39 is 5.97 Å². The van der Waals surface area contributed by atoms with Gasteiger partial charge < -0.3 is 5.11 Å². The van der Waals surface area contributed by atoms with Crippen LogP contribution in [0.5, 0.6) is 0 Å². The van der Waals surface area contributed by atoms with Crippen LogP contribution in [0, 0.1) is 0 Å². The topological polar surface area (TPSA) is 55.1 Å². The van der Waals surface area contributed by atoms with Crippen LogP contribution >= 0.6 is 27.5 Å². The first-order valence-corrected chi connectivity index (χ1v) is 5.50. The standard InChI is InChI=1S/C10H6BrClN2O2/c11-8-4-3-7(10(15)16)14(8)9-6(12)2-1-5-13-9/h1-5H,(H,15,16). The van der Waals surface area contributed by atoms with E-state index >= 15 is 0 Å². The fourth-order valence-electron chi connectivity index (χ4n) is 1.34. The Bertz CT molecular complexity index is 554. The van der Waals surface area contributed by atoms with E-state index in [2.05, 4.69) is 20.9 Å². The summed E-state index contributed by atoms with van der Waals surface area (Å²) in [5, 5.41) is 9.41. The summed E-state index contributed by atoms with van der Waals surface area (Å²) in [5.41, 5.74) is 0.104. The van der Waals surface area contributed by atoms with Crippen LogP contribution in [-0.2, 0) is 0 Å². The zero-order chi connectivity index (χ0) is 11.7. The first kappa shape index (κ1) is 11.2. The Labute approximate surface area is 105 Å². The van der Waals surface area contributed by atoms with Crippen molar-refractivity contribution in [3.63, 3.8) is 0 Å². The van der Waals surface area contributed by atoms with E-state index in [0.717, 1.165) is 0 Å². The summed E-state index contributed by atoms with van der Waals surface area (Å²) in [4.78, 5) is 15.1. The number of hydrogen-bond acceptors (Lipinski definition) is 2. The van der Waals surface area contributed by atoms with E-state index in [1.54, 1.807) is 24.4 Å². The lowest BCUT2D eigenvalue weighted by atomic mass is 10.4. The Hall–Kier alpha value is -1.33. The lowest BCUT2D eigenvalue weighted by Gasteiger charge is -2.08. The minimum Gasteiger partial charge on any atom is -0.477 e. The highest BCUT2D eigenvalue weighted by atomic mass is 79.9. The third-order valence-electron chi connectivity index (χ3n) is 2.00. The van der Waals surface area contributed by atoms with Crippen LogP contribution in [0.25, 0.3) is 5.82 Å². The average Bonchev–Trinajstić information content (AvgIpc) is 2.61. The van der Waals surface area contributed by atoms with Crippen LogP contribution in [0.1, 0.15) is 10.5 Å². The molecule has 0 aliphatic carbocycles. The van der Waals surface area contributed by atoms with Gasteiger partial charge in [0, 0.05) is 6.20 Å². The van der Waals surface area contributed by atoms with Gasteiger partial charge in [-0.1, -0.05) is 11.6 Å². The molecule has 0 radical (unpaired) electrons. The molecule has 2 aromatic rings. The molecule has 4 nitrogen and oxygen atoms in total. The summed E-state index contributed by atoms with van der Waals surface area (Å²) in [6.07, 6.45) is 1.55. The van der Waals surface area contributed by atoms with E-state index in [4.69, 9.17) is 16.7 Å². The smallest absolute Gasteiger partial charge is 0.352 e. The summed E-state index contributed by atoms with van der Waals surface area (Å²) >= 11 is 9.22. The molecule has 82 valence electrons. The number of carboxylic acid groups (broad SMARTS) is 1. The third-order valence-corrected chi connectivity index (χ3v) is 2.92. The summed E-state index contributed by atoms with van der Waals surface area (Å²) in [6.45, 7) is 0. The second kappa shape index (κ2) is 4.27. The molecule has 0 saturated carbocycles. The van der Waals surface area contributed by atoms with Crippen LogP contribution < -0.4 is 0 Å². The lowest BCUT2D eigenvalue weighted by Crippen LogP contribution is -2.08. The molecule has 2 rings (SSSR count). The van der Waals surface area contributed by atoms with Crippen molar-refractivity contribution < 1.29 is 9.90 Å². The largest absolute Gasteiger partial charge is 0.477 e. The highest BCUT2D eigenvalue weighted by Crippen LogP contribution is 2.25. The maximum Gasteiger partial charge on any atom is 0.352 e. The second-order valence-corrected chi connectivity index (χ2v) is 4.21. The Morgan fingerprint density at radius 2 is 2.19 bits per heavy atom. The SMILES string of the molecule is O=C(O)c1ccc(Br)n1-c1ncccc1Cl. The molecule has 0 unspecified atom stereocenters. The lowest BCUT2D eigenvalue weighted by molar-refractivity contribution is 0.0688. The molecule has 1 N–H and O–H groups in total. The highest BCUT2D eigenvalue weighted by Gasteiger charge is 2.16. The molecule has 2 aromatic heterocycles. The maximum absolute atomic E-state index is 11.0. The van der Waals surface area contributed by atoms with Gasteiger partial charge in [0.15, 0.2) is 5.82 Å². The fourth-order valence-corrected chi connectivity index (χ4v) is 2.03. The van der Waals surface area contributed by atoms with Crippen molar-refractivity contribution in [2.75, 3.05) is 0 Å². The van der Waals surface area contributed by atoms with E-state index in [-0.39, 0.29) is 5.69 Å². The van der Waals surface area contributed by atoms with Gasteiger partial charge in [0.1, 0.15) is 5.69 Å². The van der Waals surface area contributed by atoms with Gasteiger partial charge in [-0.05, 0) is 40.2 Å². The fraction of sp³-hybridized carbons (Fsp3) is 0. The molecular formula is C10H6BrClN2O2. The number of aromatic carboxylic acids is 1. The quantitative estimate of drug-likeness (QED) is 0.927. The average molecular weight is 302 g/mol. The molecule has 0 aliphatic heterocycles. The molecule has 6 heteroatoms. The molecule has 0 aliphatic rings. The summed E-state index contributed by atoms with van der Waals surface area (Å²) < 4.78 is 2.02. The van der Waals surface area contributed by atoms with Crippen molar-refractivity contribution in [1.82, 2.24) is 9.55 Å². The first-order valence-electron chi connectivity index (χ1n) is 4.32. The van der Waals surface area contributed by atoms with Crippen LogP contribution in [0.4, 0.5) is 0 Å². The normalized spacial score (nSPS) is 10.4. The van der Waals surface area contributed by atoms with E-state index in [9.17, 15) is 4.79 Å². The molecule has 0 fully saturated rings. The Balaban J connectivity index is 2.68. The number of hydrogen-bond donors (Lipinski definition) is 1. The zero-order valence-electron chi connectivity index (χ0n) is 7.89. The molecule has 16 heavy (non-hydrogen) atoms. The molecule has 0 spiro atoms. The highest BCUT2D eigenvalue weighted by molar-refractivity contribution is 9.10. The maximum atomic E-state index is 11.0. The molecule has 0 bridgehead atoms. The van der Waals surface area contributed by atoms with Gasteiger partial charge in [0.05, 0.1) is 9.63 Å². The second-order valence-electron chi connectivity index (χ2n) is 2.99. The number of carbonyl (C=O) groups is 1. The molecule has 0 saturated heterocycles. The van der Waals surface area contributed by atoms with E-state index in [1.807, 2.05) is 0 Å². The van der Waals surface area contributed by atoms with Gasteiger partial charge >= 0.3 is 5.97 Å². The summed E-state index contributed by atoms with van der Waals surface area (Å²) in [7, 11) is 0. The predicted octanol–water partition coefficient (Wildman–Crippen LogP) is 2.99. The Morgan fingerprint density at radius 1 is 1.44 bits per heavy atom. The van der Waals surface area contributed by atoms with Crippen molar-refractivity contribution in [3.8, 4) is 5.82 Å².